The summed E-state index contributed by atoms with van der Waals surface area (Å²) in [6.45, 7) is -0.653. The zero-order valence-electron chi connectivity index (χ0n) is 11.4. The van der Waals surface area contributed by atoms with E-state index >= 15 is 0 Å². The molecule has 0 aromatic heterocycles. The predicted molar refractivity (Wildman–Crippen MR) is 81.7 cm³/mol. The van der Waals surface area contributed by atoms with Crippen LogP contribution in [0, 0.1) is 11.6 Å². The Morgan fingerprint density at radius 2 is 1.70 bits per heavy atom. The van der Waals surface area contributed by atoms with Crippen LogP contribution in [0.1, 0.15) is 10.4 Å². The predicted octanol–water partition coefficient (Wildman–Crippen LogP) is 4.07. The topological polar surface area (TPSA) is 55.4 Å². The summed E-state index contributed by atoms with van der Waals surface area (Å²) < 4.78 is 30.9. The normalized spacial score (nSPS) is 10.3. The molecule has 2 aromatic carbocycles. The van der Waals surface area contributed by atoms with Crippen LogP contribution in [0.3, 0.4) is 0 Å². The largest absolute Gasteiger partial charge is 0.452 e. The van der Waals surface area contributed by atoms with Crippen molar-refractivity contribution in [3.05, 3.63) is 63.6 Å². The van der Waals surface area contributed by atoms with E-state index in [9.17, 15) is 18.4 Å². The van der Waals surface area contributed by atoms with Crippen molar-refractivity contribution in [3.63, 3.8) is 0 Å². The minimum atomic E-state index is -0.939. The Hall–Kier alpha value is -2.18. The fourth-order valence-corrected chi connectivity index (χ4v) is 2.19. The Kier molecular flexibility index (Phi) is 5.52. The average Bonchev–Trinajstić information content (AvgIpc) is 2.46. The lowest BCUT2D eigenvalue weighted by Crippen LogP contribution is -2.21. The van der Waals surface area contributed by atoms with Gasteiger partial charge in [0.25, 0.3) is 5.91 Å². The summed E-state index contributed by atoms with van der Waals surface area (Å²) in [5.41, 5.74) is -0.151. The highest BCUT2D eigenvalue weighted by molar-refractivity contribution is 6.35. The van der Waals surface area contributed by atoms with E-state index in [-0.39, 0.29) is 21.3 Å². The maximum atomic E-state index is 13.4. The highest BCUT2D eigenvalue weighted by atomic mass is 35.5. The number of carbonyl (C=O) groups is 2. The van der Waals surface area contributed by atoms with Crippen LogP contribution >= 0.6 is 23.2 Å². The molecule has 2 aromatic rings. The summed E-state index contributed by atoms with van der Waals surface area (Å²) in [5.74, 6) is -3.31. The first-order valence-electron chi connectivity index (χ1n) is 6.23. The minimum absolute atomic E-state index is 0.0725. The van der Waals surface area contributed by atoms with E-state index in [4.69, 9.17) is 27.9 Å². The lowest BCUT2D eigenvalue weighted by Gasteiger charge is -2.08. The molecule has 0 saturated heterocycles. The number of esters is 1. The van der Waals surface area contributed by atoms with E-state index in [1.807, 2.05) is 0 Å². The second-order valence-corrected chi connectivity index (χ2v) is 5.28. The first-order chi connectivity index (χ1) is 10.8. The van der Waals surface area contributed by atoms with Crippen molar-refractivity contribution in [2.75, 3.05) is 11.9 Å². The van der Waals surface area contributed by atoms with E-state index in [1.54, 1.807) is 0 Å². The Morgan fingerprint density at radius 1 is 1.04 bits per heavy atom. The molecule has 0 fully saturated rings. The van der Waals surface area contributed by atoms with Crippen LogP contribution in [0.4, 0.5) is 14.5 Å². The van der Waals surface area contributed by atoms with Gasteiger partial charge in [-0.15, -0.1) is 0 Å². The lowest BCUT2D eigenvalue weighted by atomic mass is 10.2. The van der Waals surface area contributed by atoms with E-state index < -0.39 is 30.1 Å². The molecule has 0 heterocycles. The summed E-state index contributed by atoms with van der Waals surface area (Å²) >= 11 is 11.5. The molecule has 0 atom stereocenters. The molecular formula is C15H9Cl2F2NO3. The third kappa shape index (κ3) is 4.91. The molecule has 0 aliphatic carbocycles. The quantitative estimate of drug-likeness (QED) is 0.837. The number of nitrogens with one attached hydrogen (secondary N) is 1. The number of carbonyl (C=O) groups excluding carboxylic acids is 2. The monoisotopic (exact) mass is 359 g/mol. The van der Waals surface area contributed by atoms with Gasteiger partial charge < -0.3 is 10.1 Å². The van der Waals surface area contributed by atoms with Crippen LogP contribution in [0.2, 0.25) is 10.0 Å². The van der Waals surface area contributed by atoms with Gasteiger partial charge >= 0.3 is 5.97 Å². The van der Waals surface area contributed by atoms with E-state index in [0.717, 1.165) is 12.1 Å². The molecular weight excluding hydrogens is 351 g/mol. The molecule has 0 aliphatic rings. The van der Waals surface area contributed by atoms with Gasteiger partial charge in [0.05, 0.1) is 11.3 Å². The summed E-state index contributed by atoms with van der Waals surface area (Å²) in [4.78, 5) is 23.4. The zero-order chi connectivity index (χ0) is 17.0. The van der Waals surface area contributed by atoms with Crippen LogP contribution in [0.25, 0.3) is 0 Å². The molecule has 8 heteroatoms. The summed E-state index contributed by atoms with van der Waals surface area (Å²) in [5, 5.41) is 2.63. The SMILES string of the molecule is O=C(COC(=O)c1cc(Cl)cc(Cl)c1)Nc1ccc(F)cc1F. The lowest BCUT2D eigenvalue weighted by molar-refractivity contribution is -0.119. The number of halogens is 4. The van der Waals surface area contributed by atoms with Crippen LogP contribution < -0.4 is 5.32 Å². The van der Waals surface area contributed by atoms with Gasteiger partial charge in [0, 0.05) is 16.1 Å². The number of anilines is 1. The molecule has 1 N–H and O–H groups in total. The van der Waals surface area contributed by atoms with Crippen LogP contribution in [-0.2, 0) is 9.53 Å². The molecule has 120 valence electrons. The fraction of sp³-hybridized carbons (Fsp3) is 0.0667. The molecule has 2 rings (SSSR count). The minimum Gasteiger partial charge on any atom is -0.452 e. The Balaban J connectivity index is 1.94. The van der Waals surface area contributed by atoms with Gasteiger partial charge in [-0.3, -0.25) is 4.79 Å². The number of ether oxygens (including phenoxy) is 1. The maximum Gasteiger partial charge on any atom is 0.338 e. The number of amides is 1. The van der Waals surface area contributed by atoms with Crippen molar-refractivity contribution in [3.8, 4) is 0 Å². The third-order valence-electron chi connectivity index (χ3n) is 2.64. The van der Waals surface area contributed by atoms with Crippen molar-refractivity contribution in [1.82, 2.24) is 0 Å². The van der Waals surface area contributed by atoms with Crippen LogP contribution in [0.15, 0.2) is 36.4 Å². The van der Waals surface area contributed by atoms with Gasteiger partial charge in [-0.25, -0.2) is 13.6 Å². The average molecular weight is 360 g/mol. The first-order valence-corrected chi connectivity index (χ1v) is 6.99. The summed E-state index contributed by atoms with van der Waals surface area (Å²) in [7, 11) is 0. The van der Waals surface area contributed by atoms with Crippen molar-refractivity contribution in [2.24, 2.45) is 0 Å². The Bertz CT molecular complexity index is 748. The highest BCUT2D eigenvalue weighted by Gasteiger charge is 2.13. The number of rotatable bonds is 4. The second kappa shape index (κ2) is 7.39. The molecule has 0 bridgehead atoms. The molecule has 0 unspecified atom stereocenters. The number of benzene rings is 2. The Morgan fingerprint density at radius 3 is 2.30 bits per heavy atom. The molecule has 23 heavy (non-hydrogen) atoms. The fourth-order valence-electron chi connectivity index (χ4n) is 1.66. The molecule has 0 spiro atoms. The van der Waals surface area contributed by atoms with Gasteiger partial charge in [-0.1, -0.05) is 23.2 Å². The smallest absolute Gasteiger partial charge is 0.338 e. The van der Waals surface area contributed by atoms with Crippen LogP contribution in [-0.4, -0.2) is 18.5 Å². The molecule has 0 radical (unpaired) electrons. The van der Waals surface area contributed by atoms with E-state index in [1.165, 1.54) is 18.2 Å². The van der Waals surface area contributed by atoms with Gasteiger partial charge in [0.2, 0.25) is 0 Å². The molecule has 4 nitrogen and oxygen atoms in total. The summed E-state index contributed by atoms with van der Waals surface area (Å²) in [6, 6.07) is 6.75. The van der Waals surface area contributed by atoms with Gasteiger partial charge in [-0.05, 0) is 30.3 Å². The molecule has 1 amide bonds. The van der Waals surface area contributed by atoms with Gasteiger partial charge in [-0.2, -0.15) is 0 Å². The molecule has 0 saturated carbocycles. The van der Waals surface area contributed by atoms with Gasteiger partial charge in [0.1, 0.15) is 11.6 Å². The summed E-state index contributed by atoms with van der Waals surface area (Å²) in [6.07, 6.45) is 0. The Labute approximate surface area is 140 Å². The third-order valence-corrected chi connectivity index (χ3v) is 3.07. The van der Waals surface area contributed by atoms with Gasteiger partial charge in [0.15, 0.2) is 6.61 Å². The number of hydrogen-bond acceptors (Lipinski definition) is 3. The van der Waals surface area contributed by atoms with Crippen LogP contribution in [0.5, 0.6) is 0 Å². The first kappa shape index (κ1) is 17.2. The highest BCUT2D eigenvalue weighted by Crippen LogP contribution is 2.19. The standard InChI is InChI=1S/C15H9Cl2F2NO3/c16-9-3-8(4-10(17)5-9)15(22)23-7-14(21)20-13-2-1-11(18)6-12(13)19/h1-6H,7H2,(H,20,21). The van der Waals surface area contributed by atoms with Crippen molar-refractivity contribution in [2.45, 2.75) is 0 Å². The van der Waals surface area contributed by atoms with E-state index in [0.29, 0.717) is 6.07 Å². The number of hydrogen-bond donors (Lipinski definition) is 1. The van der Waals surface area contributed by atoms with Crippen molar-refractivity contribution >= 4 is 40.8 Å². The van der Waals surface area contributed by atoms with Crippen molar-refractivity contribution in [1.29, 1.82) is 0 Å². The molecule has 0 aliphatic heterocycles. The van der Waals surface area contributed by atoms with Crippen molar-refractivity contribution < 1.29 is 23.1 Å². The zero-order valence-corrected chi connectivity index (χ0v) is 12.9. The van der Waals surface area contributed by atoms with E-state index in [2.05, 4.69) is 5.32 Å². The maximum absolute atomic E-state index is 13.4. The second-order valence-electron chi connectivity index (χ2n) is 4.41.